The van der Waals surface area contributed by atoms with E-state index in [1.54, 1.807) is 0 Å². The lowest BCUT2D eigenvalue weighted by molar-refractivity contribution is 0.412. The van der Waals surface area contributed by atoms with Crippen LogP contribution in [0.1, 0.15) is 37.7 Å². The fraction of sp³-hybridized carbons (Fsp3) is 0.444. The monoisotopic (exact) mass is 311 g/mol. The van der Waals surface area contributed by atoms with Crippen LogP contribution in [0.3, 0.4) is 0 Å². The average molecular weight is 311 g/mol. The van der Waals surface area contributed by atoms with Gasteiger partial charge in [-0.3, -0.25) is 4.68 Å². The van der Waals surface area contributed by atoms with Crippen molar-refractivity contribution >= 4 is 5.96 Å². The molecule has 0 unspecified atom stereocenters. The average Bonchev–Trinajstić information content (AvgIpc) is 2.96. The molecule has 0 radical (unpaired) electrons. The Hall–Kier alpha value is -2.30. The van der Waals surface area contributed by atoms with Crippen LogP contribution in [-0.2, 0) is 13.6 Å². The Morgan fingerprint density at radius 3 is 2.74 bits per heavy atom. The van der Waals surface area contributed by atoms with Crippen molar-refractivity contribution in [3.63, 3.8) is 0 Å². The first-order valence-electron chi connectivity index (χ1n) is 8.37. The van der Waals surface area contributed by atoms with Gasteiger partial charge < -0.3 is 11.1 Å². The number of hydrogen-bond acceptors (Lipinski definition) is 2. The molecule has 23 heavy (non-hydrogen) atoms. The molecule has 0 saturated heterocycles. The van der Waals surface area contributed by atoms with Gasteiger partial charge in [-0.1, -0.05) is 49.6 Å². The summed E-state index contributed by atoms with van der Waals surface area (Å²) in [5, 5.41) is 7.92. The molecule has 0 bridgehead atoms. The zero-order chi connectivity index (χ0) is 16.1. The second-order valence-electron chi connectivity index (χ2n) is 6.22. The second kappa shape index (κ2) is 7.31. The van der Waals surface area contributed by atoms with E-state index in [9.17, 15) is 0 Å². The molecule has 5 nitrogen and oxygen atoms in total. The quantitative estimate of drug-likeness (QED) is 0.674. The Balaban J connectivity index is 1.69. The topological polar surface area (TPSA) is 68.2 Å². The van der Waals surface area contributed by atoms with E-state index in [2.05, 4.69) is 27.5 Å². The van der Waals surface area contributed by atoms with E-state index in [0.717, 1.165) is 16.8 Å². The van der Waals surface area contributed by atoms with Crippen molar-refractivity contribution in [3.8, 4) is 11.3 Å². The Morgan fingerprint density at radius 1 is 1.26 bits per heavy atom. The number of hydrogen-bond donors (Lipinski definition) is 2. The van der Waals surface area contributed by atoms with E-state index in [1.807, 2.05) is 36.1 Å². The van der Waals surface area contributed by atoms with Gasteiger partial charge in [0.25, 0.3) is 0 Å². The van der Waals surface area contributed by atoms with Crippen molar-refractivity contribution in [2.45, 2.75) is 44.7 Å². The van der Waals surface area contributed by atoms with Crippen molar-refractivity contribution in [1.82, 2.24) is 15.1 Å². The van der Waals surface area contributed by atoms with Gasteiger partial charge in [0.1, 0.15) is 0 Å². The zero-order valence-electron chi connectivity index (χ0n) is 13.7. The van der Waals surface area contributed by atoms with Crippen LogP contribution in [0.15, 0.2) is 41.5 Å². The fourth-order valence-electron chi connectivity index (χ4n) is 3.16. The van der Waals surface area contributed by atoms with Crippen LogP contribution in [0.5, 0.6) is 0 Å². The maximum Gasteiger partial charge on any atom is 0.189 e. The normalized spacial score (nSPS) is 16.5. The Morgan fingerprint density at radius 2 is 2.00 bits per heavy atom. The van der Waals surface area contributed by atoms with Crippen molar-refractivity contribution < 1.29 is 0 Å². The summed E-state index contributed by atoms with van der Waals surface area (Å²) in [7, 11) is 1.93. The number of nitrogens with zero attached hydrogens (tertiary/aromatic N) is 3. The third-order valence-electron chi connectivity index (χ3n) is 4.33. The van der Waals surface area contributed by atoms with Crippen molar-refractivity contribution in [2.75, 3.05) is 0 Å². The maximum atomic E-state index is 6.06. The molecule has 122 valence electrons. The van der Waals surface area contributed by atoms with Gasteiger partial charge in [0.15, 0.2) is 5.96 Å². The standard InChI is InChI=1S/C18H25N5/c1-23-13-15(17(22-23)14-8-4-2-5-9-14)12-20-18(19)21-16-10-6-3-7-11-16/h2,4-5,8-9,13,16H,3,6-7,10-12H2,1H3,(H3,19,20,21). The Bertz CT molecular complexity index is 653. The fourth-order valence-corrected chi connectivity index (χ4v) is 3.16. The van der Waals surface area contributed by atoms with Gasteiger partial charge >= 0.3 is 0 Å². The van der Waals surface area contributed by atoms with Gasteiger partial charge in [0.05, 0.1) is 12.2 Å². The van der Waals surface area contributed by atoms with E-state index in [4.69, 9.17) is 5.73 Å². The SMILES string of the molecule is Cn1cc(CN=C(N)NC2CCCCC2)c(-c2ccccc2)n1. The highest BCUT2D eigenvalue weighted by Gasteiger charge is 2.14. The molecule has 3 rings (SSSR count). The molecule has 1 aliphatic rings. The van der Waals surface area contributed by atoms with Gasteiger partial charge in [0, 0.05) is 30.4 Å². The summed E-state index contributed by atoms with van der Waals surface area (Å²) in [6, 6.07) is 10.7. The second-order valence-corrected chi connectivity index (χ2v) is 6.22. The molecular weight excluding hydrogens is 286 g/mol. The van der Waals surface area contributed by atoms with Crippen LogP contribution in [0.25, 0.3) is 11.3 Å². The van der Waals surface area contributed by atoms with Crippen LogP contribution in [0.2, 0.25) is 0 Å². The third kappa shape index (κ3) is 4.12. The molecule has 1 fully saturated rings. The highest BCUT2D eigenvalue weighted by molar-refractivity contribution is 5.78. The van der Waals surface area contributed by atoms with Crippen molar-refractivity contribution in [1.29, 1.82) is 0 Å². The molecule has 3 N–H and O–H groups in total. The highest BCUT2D eigenvalue weighted by atomic mass is 15.3. The summed E-state index contributed by atoms with van der Waals surface area (Å²) >= 11 is 0. The van der Waals surface area contributed by atoms with Gasteiger partial charge in [-0.2, -0.15) is 5.10 Å². The first-order chi connectivity index (χ1) is 11.2. The lowest BCUT2D eigenvalue weighted by Gasteiger charge is -2.23. The van der Waals surface area contributed by atoms with Crippen molar-refractivity contribution in [2.24, 2.45) is 17.8 Å². The van der Waals surface area contributed by atoms with Crippen LogP contribution in [-0.4, -0.2) is 21.8 Å². The molecular formula is C18H25N5. The predicted octanol–water partition coefficient (Wildman–Crippen LogP) is 2.82. The summed E-state index contributed by atoms with van der Waals surface area (Å²) in [5.74, 6) is 0.541. The summed E-state index contributed by atoms with van der Waals surface area (Å²) in [6.07, 6.45) is 8.30. The van der Waals surface area contributed by atoms with Crippen molar-refractivity contribution in [3.05, 3.63) is 42.1 Å². The molecule has 5 heteroatoms. The molecule has 0 spiro atoms. The van der Waals surface area contributed by atoms with Gasteiger partial charge in [0.2, 0.25) is 0 Å². The molecule has 0 aliphatic heterocycles. The Kier molecular flexibility index (Phi) is 4.95. The van der Waals surface area contributed by atoms with E-state index < -0.39 is 0 Å². The lowest BCUT2D eigenvalue weighted by atomic mass is 9.96. The van der Waals surface area contributed by atoms with E-state index in [0.29, 0.717) is 18.5 Å². The van der Waals surface area contributed by atoms with Crippen LogP contribution >= 0.6 is 0 Å². The summed E-state index contributed by atoms with van der Waals surface area (Å²) in [4.78, 5) is 4.52. The van der Waals surface area contributed by atoms with E-state index >= 15 is 0 Å². The number of aryl methyl sites for hydroxylation is 1. The van der Waals surface area contributed by atoms with E-state index in [-0.39, 0.29) is 0 Å². The summed E-state index contributed by atoms with van der Waals surface area (Å²) in [6.45, 7) is 0.545. The number of guanidine groups is 1. The van der Waals surface area contributed by atoms with Crippen LogP contribution < -0.4 is 11.1 Å². The number of aromatic nitrogens is 2. The highest BCUT2D eigenvalue weighted by Crippen LogP contribution is 2.22. The maximum absolute atomic E-state index is 6.06. The van der Waals surface area contributed by atoms with Crippen LogP contribution in [0.4, 0.5) is 0 Å². The van der Waals surface area contributed by atoms with Crippen LogP contribution in [0, 0.1) is 0 Å². The number of nitrogens with one attached hydrogen (secondary N) is 1. The molecule has 1 aromatic carbocycles. The van der Waals surface area contributed by atoms with Gasteiger partial charge in [-0.05, 0) is 12.8 Å². The Labute approximate surface area is 137 Å². The molecule has 1 saturated carbocycles. The summed E-state index contributed by atoms with van der Waals surface area (Å²) < 4.78 is 1.83. The minimum atomic E-state index is 0.481. The number of aliphatic imine (C=N–C) groups is 1. The minimum absolute atomic E-state index is 0.481. The first-order valence-corrected chi connectivity index (χ1v) is 8.37. The minimum Gasteiger partial charge on any atom is -0.370 e. The summed E-state index contributed by atoms with van der Waals surface area (Å²) in [5.41, 5.74) is 9.23. The largest absolute Gasteiger partial charge is 0.370 e. The smallest absolute Gasteiger partial charge is 0.189 e. The molecule has 1 aliphatic carbocycles. The lowest BCUT2D eigenvalue weighted by Crippen LogP contribution is -2.41. The molecule has 0 amide bonds. The first kappa shape index (κ1) is 15.6. The number of benzene rings is 1. The number of nitrogens with two attached hydrogens (primary N) is 1. The van der Waals surface area contributed by atoms with Gasteiger partial charge in [-0.25, -0.2) is 4.99 Å². The third-order valence-corrected chi connectivity index (χ3v) is 4.33. The van der Waals surface area contributed by atoms with E-state index in [1.165, 1.54) is 32.1 Å². The van der Waals surface area contributed by atoms with Gasteiger partial charge in [-0.15, -0.1) is 0 Å². The molecule has 1 aromatic heterocycles. The number of rotatable bonds is 4. The molecule has 0 atom stereocenters. The molecule has 2 aromatic rings. The molecule has 1 heterocycles. The predicted molar refractivity (Wildman–Crippen MR) is 94.0 cm³/mol. The zero-order valence-corrected chi connectivity index (χ0v) is 13.7.